The van der Waals surface area contributed by atoms with Gasteiger partial charge in [-0.1, -0.05) is 24.3 Å². The molecule has 7 nitrogen and oxygen atoms in total. The van der Waals surface area contributed by atoms with Crippen molar-refractivity contribution < 1.29 is 0 Å². The molecule has 3 N–H and O–H groups in total. The summed E-state index contributed by atoms with van der Waals surface area (Å²) >= 11 is 0. The van der Waals surface area contributed by atoms with Crippen LogP contribution in [0.2, 0.25) is 0 Å². The smallest absolute Gasteiger partial charge is 0.327 e. The van der Waals surface area contributed by atoms with Gasteiger partial charge in [0.25, 0.3) is 5.56 Å². The van der Waals surface area contributed by atoms with Crippen LogP contribution in [0.1, 0.15) is 0 Å². The second-order valence-corrected chi connectivity index (χ2v) is 4.60. The summed E-state index contributed by atoms with van der Waals surface area (Å²) < 4.78 is 0. The first-order valence-electron chi connectivity index (χ1n) is 6.29. The van der Waals surface area contributed by atoms with Crippen molar-refractivity contribution in [1.29, 1.82) is 0 Å². The average Bonchev–Trinajstić information content (AvgIpc) is 2.90. The highest BCUT2D eigenvalue weighted by atomic mass is 16.2. The molecule has 0 amide bonds. The van der Waals surface area contributed by atoms with Crippen molar-refractivity contribution in [1.82, 2.24) is 24.9 Å². The molecule has 0 saturated carbocycles. The van der Waals surface area contributed by atoms with E-state index in [4.69, 9.17) is 0 Å². The number of nitrogens with one attached hydrogen (secondary N) is 3. The van der Waals surface area contributed by atoms with Gasteiger partial charge in [0.1, 0.15) is 11.2 Å². The summed E-state index contributed by atoms with van der Waals surface area (Å²) in [7, 11) is 0. The predicted octanol–water partition coefficient (Wildman–Crippen LogP) is 1.15. The van der Waals surface area contributed by atoms with E-state index >= 15 is 0 Å². The first kappa shape index (κ1) is 11.6. The van der Waals surface area contributed by atoms with Gasteiger partial charge in [-0.05, 0) is 11.5 Å². The van der Waals surface area contributed by atoms with Crippen molar-refractivity contribution in [2.45, 2.75) is 0 Å². The van der Waals surface area contributed by atoms with Crippen LogP contribution in [0.3, 0.4) is 0 Å². The Bertz CT molecular complexity index is 1080. The van der Waals surface area contributed by atoms with E-state index in [1.807, 2.05) is 30.3 Å². The number of H-pyrrole nitrogens is 3. The Morgan fingerprint density at radius 2 is 1.81 bits per heavy atom. The SMILES string of the molecule is O=c1[nH]c(=O)c2[nH]c(-c3nccc4ccccc34)nc2[nH]1. The van der Waals surface area contributed by atoms with Crippen molar-refractivity contribution in [3.63, 3.8) is 0 Å². The molecule has 102 valence electrons. The number of imidazole rings is 1. The van der Waals surface area contributed by atoms with E-state index in [-0.39, 0.29) is 11.2 Å². The molecule has 0 unspecified atom stereocenters. The lowest BCUT2D eigenvalue weighted by molar-refractivity contribution is 1.07. The van der Waals surface area contributed by atoms with E-state index in [1.54, 1.807) is 6.20 Å². The Balaban J connectivity index is 2.07. The first-order chi connectivity index (χ1) is 10.2. The van der Waals surface area contributed by atoms with E-state index in [0.29, 0.717) is 11.5 Å². The van der Waals surface area contributed by atoms with Crippen LogP contribution in [0.25, 0.3) is 33.5 Å². The number of fused-ring (bicyclic) bond motifs is 2. The van der Waals surface area contributed by atoms with Gasteiger partial charge in [0, 0.05) is 11.6 Å². The maximum absolute atomic E-state index is 11.7. The van der Waals surface area contributed by atoms with Crippen molar-refractivity contribution in [2.75, 3.05) is 0 Å². The van der Waals surface area contributed by atoms with E-state index in [2.05, 4.69) is 24.9 Å². The molecule has 3 aromatic heterocycles. The highest BCUT2D eigenvalue weighted by Crippen LogP contribution is 2.24. The summed E-state index contributed by atoms with van der Waals surface area (Å²) in [6.45, 7) is 0. The molecular formula is C14H9N5O2. The molecule has 0 fully saturated rings. The minimum Gasteiger partial charge on any atom is -0.331 e. The lowest BCUT2D eigenvalue weighted by Crippen LogP contribution is -2.21. The van der Waals surface area contributed by atoms with Gasteiger partial charge in [0.05, 0.1) is 0 Å². The van der Waals surface area contributed by atoms with Crippen LogP contribution in [0.5, 0.6) is 0 Å². The van der Waals surface area contributed by atoms with Crippen LogP contribution < -0.4 is 11.2 Å². The van der Waals surface area contributed by atoms with Crippen molar-refractivity contribution in [2.24, 2.45) is 0 Å². The highest BCUT2D eigenvalue weighted by Gasteiger charge is 2.12. The number of nitrogens with zero attached hydrogens (tertiary/aromatic N) is 2. The lowest BCUT2D eigenvalue weighted by Gasteiger charge is -2.01. The zero-order valence-corrected chi connectivity index (χ0v) is 10.7. The second kappa shape index (κ2) is 4.14. The minimum absolute atomic E-state index is 0.216. The fourth-order valence-corrected chi connectivity index (χ4v) is 2.35. The molecule has 0 aliphatic heterocycles. The quantitative estimate of drug-likeness (QED) is 0.486. The maximum atomic E-state index is 11.7. The van der Waals surface area contributed by atoms with E-state index in [1.165, 1.54) is 0 Å². The number of pyridine rings is 1. The molecule has 0 radical (unpaired) electrons. The molecule has 0 spiro atoms. The number of hydrogen-bond donors (Lipinski definition) is 3. The van der Waals surface area contributed by atoms with Gasteiger partial charge in [-0.3, -0.25) is 19.7 Å². The summed E-state index contributed by atoms with van der Waals surface area (Å²) in [4.78, 5) is 39.2. The molecule has 4 aromatic rings. The molecule has 0 aliphatic carbocycles. The number of benzene rings is 1. The summed E-state index contributed by atoms with van der Waals surface area (Å²) in [5.41, 5.74) is -0.0264. The largest absolute Gasteiger partial charge is 0.331 e. The Hall–Kier alpha value is -3.22. The Morgan fingerprint density at radius 3 is 2.71 bits per heavy atom. The average molecular weight is 279 g/mol. The molecule has 0 atom stereocenters. The fraction of sp³-hybridized carbons (Fsp3) is 0. The van der Waals surface area contributed by atoms with E-state index in [9.17, 15) is 9.59 Å². The highest BCUT2D eigenvalue weighted by molar-refractivity contribution is 5.93. The molecule has 7 heteroatoms. The van der Waals surface area contributed by atoms with E-state index in [0.717, 1.165) is 10.8 Å². The van der Waals surface area contributed by atoms with Gasteiger partial charge in [0.2, 0.25) is 0 Å². The number of rotatable bonds is 1. The standard InChI is InChI=1S/C14H9N5O2/c20-13-10-12(18-14(21)19-13)17-11(16-10)9-8-4-2-1-3-7(8)5-6-15-9/h1-6H,(H3,16,17,18,19,20,21). The van der Waals surface area contributed by atoms with Crippen molar-refractivity contribution >= 4 is 21.9 Å². The summed E-state index contributed by atoms with van der Waals surface area (Å²) in [6, 6.07) is 9.64. The molecule has 0 saturated heterocycles. The molecule has 0 bridgehead atoms. The number of aromatic nitrogens is 5. The fourth-order valence-electron chi connectivity index (χ4n) is 2.35. The first-order valence-corrected chi connectivity index (χ1v) is 6.29. The topological polar surface area (TPSA) is 107 Å². The summed E-state index contributed by atoms with van der Waals surface area (Å²) in [5, 5.41) is 1.93. The molecule has 4 rings (SSSR count). The number of aromatic amines is 3. The molecule has 0 aliphatic rings. The van der Waals surface area contributed by atoms with Gasteiger partial charge in [-0.15, -0.1) is 0 Å². The third-order valence-corrected chi connectivity index (χ3v) is 3.29. The van der Waals surface area contributed by atoms with E-state index < -0.39 is 11.2 Å². The second-order valence-electron chi connectivity index (χ2n) is 4.60. The third-order valence-electron chi connectivity index (χ3n) is 3.29. The maximum Gasteiger partial charge on any atom is 0.327 e. The Morgan fingerprint density at radius 1 is 0.952 bits per heavy atom. The zero-order valence-electron chi connectivity index (χ0n) is 10.7. The van der Waals surface area contributed by atoms with Gasteiger partial charge >= 0.3 is 5.69 Å². The monoisotopic (exact) mass is 279 g/mol. The van der Waals surface area contributed by atoms with Crippen LogP contribution in [0, 0.1) is 0 Å². The van der Waals surface area contributed by atoms with Crippen molar-refractivity contribution in [3.05, 3.63) is 57.4 Å². The molecule has 1 aromatic carbocycles. The molecular weight excluding hydrogens is 270 g/mol. The van der Waals surface area contributed by atoms with Crippen LogP contribution >= 0.6 is 0 Å². The van der Waals surface area contributed by atoms with Gasteiger partial charge < -0.3 is 4.98 Å². The van der Waals surface area contributed by atoms with Crippen LogP contribution in [-0.4, -0.2) is 24.9 Å². The van der Waals surface area contributed by atoms with Crippen LogP contribution in [0.4, 0.5) is 0 Å². The van der Waals surface area contributed by atoms with Gasteiger partial charge in [0.15, 0.2) is 11.5 Å². The van der Waals surface area contributed by atoms with Gasteiger partial charge in [-0.2, -0.15) is 0 Å². The zero-order chi connectivity index (χ0) is 14.4. The Kier molecular flexibility index (Phi) is 2.28. The minimum atomic E-state index is -0.587. The molecule has 21 heavy (non-hydrogen) atoms. The van der Waals surface area contributed by atoms with Gasteiger partial charge in [-0.25, -0.2) is 9.78 Å². The van der Waals surface area contributed by atoms with Crippen LogP contribution in [-0.2, 0) is 0 Å². The molecule has 3 heterocycles. The predicted molar refractivity (Wildman–Crippen MR) is 78.1 cm³/mol. The summed E-state index contributed by atoms with van der Waals surface area (Å²) in [5.74, 6) is 0.439. The normalized spacial score (nSPS) is 11.2. The third kappa shape index (κ3) is 1.75. The number of hydrogen-bond acceptors (Lipinski definition) is 4. The van der Waals surface area contributed by atoms with Crippen LogP contribution in [0.15, 0.2) is 46.1 Å². The Labute approximate surface area is 116 Å². The summed E-state index contributed by atoms with van der Waals surface area (Å²) in [6.07, 6.45) is 1.68. The van der Waals surface area contributed by atoms with Crippen molar-refractivity contribution in [3.8, 4) is 11.5 Å². The lowest BCUT2D eigenvalue weighted by atomic mass is 10.1.